The van der Waals surface area contributed by atoms with Crippen LogP contribution in [0.25, 0.3) is 6.08 Å². The summed E-state index contributed by atoms with van der Waals surface area (Å²) in [5.74, 6) is -0.267. The SMILES string of the molecule is O=C1[C]N=C(C=Cc2ccccc2)O1. The fourth-order valence-electron chi connectivity index (χ4n) is 1.04. The molecule has 0 aliphatic carbocycles. The van der Waals surface area contributed by atoms with Gasteiger partial charge in [0, 0.05) is 6.08 Å². The van der Waals surface area contributed by atoms with Crippen LogP contribution in [0.3, 0.4) is 0 Å². The van der Waals surface area contributed by atoms with Crippen molar-refractivity contribution in [2.24, 2.45) is 4.99 Å². The van der Waals surface area contributed by atoms with Gasteiger partial charge < -0.3 is 4.74 Å². The first-order chi connectivity index (χ1) is 6.84. The number of esters is 1. The lowest BCUT2D eigenvalue weighted by molar-refractivity contribution is -0.130. The Balaban J connectivity index is 2.05. The summed E-state index contributed by atoms with van der Waals surface area (Å²) in [6.45, 7) is 2.18. The van der Waals surface area contributed by atoms with E-state index in [1.54, 1.807) is 6.08 Å². The highest BCUT2D eigenvalue weighted by molar-refractivity contribution is 6.05. The summed E-state index contributed by atoms with van der Waals surface area (Å²) in [6.07, 6.45) is 3.45. The maximum absolute atomic E-state index is 10.6. The first kappa shape index (κ1) is 8.69. The molecule has 1 heterocycles. The topological polar surface area (TPSA) is 38.7 Å². The number of cyclic esters (lactones) is 1. The van der Waals surface area contributed by atoms with E-state index in [2.05, 4.69) is 11.5 Å². The third-order valence-electron chi connectivity index (χ3n) is 1.67. The average Bonchev–Trinajstić information content (AvgIpc) is 2.63. The second-order valence-corrected chi connectivity index (χ2v) is 2.70. The van der Waals surface area contributed by atoms with Gasteiger partial charge in [-0.25, -0.2) is 9.79 Å². The first-order valence-corrected chi connectivity index (χ1v) is 4.13. The predicted octanol–water partition coefficient (Wildman–Crippen LogP) is 1.69. The van der Waals surface area contributed by atoms with Crippen LogP contribution in [0.5, 0.6) is 0 Å². The van der Waals surface area contributed by atoms with E-state index >= 15 is 0 Å². The van der Waals surface area contributed by atoms with Gasteiger partial charge in [0.2, 0.25) is 12.4 Å². The number of aliphatic imine (C=N–C) groups is 1. The van der Waals surface area contributed by atoms with E-state index in [1.165, 1.54) is 0 Å². The van der Waals surface area contributed by atoms with Crippen LogP contribution in [0.15, 0.2) is 41.4 Å². The zero-order valence-electron chi connectivity index (χ0n) is 7.31. The van der Waals surface area contributed by atoms with Crippen molar-refractivity contribution in [2.45, 2.75) is 0 Å². The summed E-state index contributed by atoms with van der Waals surface area (Å²) >= 11 is 0. The Morgan fingerprint density at radius 2 is 2.00 bits per heavy atom. The molecule has 0 N–H and O–H groups in total. The zero-order valence-corrected chi connectivity index (χ0v) is 7.31. The van der Waals surface area contributed by atoms with Crippen molar-refractivity contribution in [3.63, 3.8) is 0 Å². The first-order valence-electron chi connectivity index (χ1n) is 4.13. The van der Waals surface area contributed by atoms with Gasteiger partial charge in [0.15, 0.2) is 0 Å². The van der Waals surface area contributed by atoms with Gasteiger partial charge in [-0.2, -0.15) is 0 Å². The van der Waals surface area contributed by atoms with Crippen molar-refractivity contribution in [3.8, 4) is 0 Å². The summed E-state index contributed by atoms with van der Waals surface area (Å²) in [6, 6.07) is 9.69. The van der Waals surface area contributed by atoms with E-state index in [-0.39, 0.29) is 5.90 Å². The Kier molecular flexibility index (Phi) is 2.40. The highest BCUT2D eigenvalue weighted by Crippen LogP contribution is 2.05. The second-order valence-electron chi connectivity index (χ2n) is 2.70. The van der Waals surface area contributed by atoms with Crippen LogP contribution in [0.2, 0.25) is 0 Å². The van der Waals surface area contributed by atoms with Gasteiger partial charge in [-0.15, -0.1) is 0 Å². The fourth-order valence-corrected chi connectivity index (χ4v) is 1.04. The molecule has 0 fully saturated rings. The molecular weight excluding hydrogens is 178 g/mol. The third-order valence-corrected chi connectivity index (χ3v) is 1.67. The van der Waals surface area contributed by atoms with Gasteiger partial charge in [-0.1, -0.05) is 30.3 Å². The standard InChI is InChI=1S/C11H7NO2/c13-11-8-12-10(14-11)7-6-9-4-2-1-3-5-9/h1-7H. The van der Waals surface area contributed by atoms with E-state index in [9.17, 15) is 4.79 Å². The monoisotopic (exact) mass is 185 g/mol. The second kappa shape index (κ2) is 3.87. The number of benzene rings is 1. The molecule has 0 unspecified atom stereocenters. The molecule has 68 valence electrons. The maximum Gasteiger partial charge on any atom is 0.347 e. The minimum absolute atomic E-state index is 0.277. The summed E-state index contributed by atoms with van der Waals surface area (Å²) in [5, 5.41) is 0. The number of hydrogen-bond acceptors (Lipinski definition) is 3. The quantitative estimate of drug-likeness (QED) is 0.657. The Bertz CT molecular complexity index is 393. The van der Waals surface area contributed by atoms with Gasteiger partial charge in [0.05, 0.1) is 0 Å². The molecule has 1 aliphatic heterocycles. The molecule has 2 radical (unpaired) electrons. The molecular formula is C11H7NO2. The number of rotatable bonds is 2. The molecule has 1 aromatic carbocycles. The van der Waals surface area contributed by atoms with Crippen LogP contribution in [0, 0.1) is 6.54 Å². The molecule has 0 atom stereocenters. The molecule has 2 rings (SSSR count). The van der Waals surface area contributed by atoms with Crippen LogP contribution in [0.1, 0.15) is 5.56 Å². The molecule has 0 amide bonds. The molecule has 0 aromatic heterocycles. The molecule has 1 aromatic rings. The smallest absolute Gasteiger partial charge is 0.347 e. The lowest BCUT2D eigenvalue weighted by Gasteiger charge is -1.92. The normalized spacial score (nSPS) is 15.7. The lowest BCUT2D eigenvalue weighted by atomic mass is 10.2. The van der Waals surface area contributed by atoms with Crippen LogP contribution in [0.4, 0.5) is 0 Å². The zero-order chi connectivity index (χ0) is 9.80. The van der Waals surface area contributed by atoms with Gasteiger partial charge in [-0.3, -0.25) is 0 Å². The molecule has 0 spiro atoms. The van der Waals surface area contributed by atoms with Crippen molar-refractivity contribution in [2.75, 3.05) is 0 Å². The third kappa shape index (κ3) is 2.07. The van der Waals surface area contributed by atoms with E-state index < -0.39 is 5.97 Å². The van der Waals surface area contributed by atoms with Gasteiger partial charge in [0.25, 0.3) is 0 Å². The van der Waals surface area contributed by atoms with E-state index in [0.717, 1.165) is 5.56 Å². The highest BCUT2D eigenvalue weighted by atomic mass is 16.5. The van der Waals surface area contributed by atoms with Crippen molar-refractivity contribution in [1.29, 1.82) is 0 Å². The number of ether oxygens (including phenoxy) is 1. The van der Waals surface area contributed by atoms with Crippen LogP contribution in [-0.4, -0.2) is 11.9 Å². The molecule has 3 nitrogen and oxygen atoms in total. The van der Waals surface area contributed by atoms with E-state index in [0.29, 0.717) is 0 Å². The Labute approximate surface area is 81.7 Å². The minimum atomic E-state index is -0.544. The van der Waals surface area contributed by atoms with Gasteiger partial charge >= 0.3 is 5.97 Å². The largest absolute Gasteiger partial charge is 0.406 e. The van der Waals surface area contributed by atoms with Gasteiger partial charge in [0.1, 0.15) is 0 Å². The van der Waals surface area contributed by atoms with Gasteiger partial charge in [-0.05, 0) is 11.6 Å². The number of carbonyl (C=O) groups excluding carboxylic acids is 1. The molecule has 0 saturated carbocycles. The van der Waals surface area contributed by atoms with Crippen molar-refractivity contribution in [3.05, 3.63) is 48.5 Å². The lowest BCUT2D eigenvalue weighted by Crippen LogP contribution is -1.99. The summed E-state index contributed by atoms with van der Waals surface area (Å²) in [5.41, 5.74) is 1.03. The molecule has 0 saturated heterocycles. The van der Waals surface area contributed by atoms with Crippen LogP contribution < -0.4 is 0 Å². The number of nitrogens with zero attached hydrogens (tertiary/aromatic N) is 1. The molecule has 1 aliphatic rings. The Morgan fingerprint density at radius 3 is 2.64 bits per heavy atom. The molecule has 3 heteroatoms. The van der Waals surface area contributed by atoms with Crippen molar-refractivity contribution in [1.82, 2.24) is 0 Å². The van der Waals surface area contributed by atoms with Crippen LogP contribution in [-0.2, 0) is 9.53 Å². The fraction of sp³-hybridized carbons (Fsp3) is 0. The van der Waals surface area contributed by atoms with E-state index in [1.807, 2.05) is 36.4 Å². The van der Waals surface area contributed by atoms with Crippen LogP contribution >= 0.6 is 0 Å². The maximum atomic E-state index is 10.6. The van der Waals surface area contributed by atoms with E-state index in [4.69, 9.17) is 4.74 Å². The summed E-state index contributed by atoms with van der Waals surface area (Å²) in [7, 11) is 0. The number of hydrogen-bond donors (Lipinski definition) is 0. The average molecular weight is 185 g/mol. The summed E-state index contributed by atoms with van der Waals surface area (Å²) in [4.78, 5) is 14.2. The minimum Gasteiger partial charge on any atom is -0.406 e. The van der Waals surface area contributed by atoms with Crippen molar-refractivity contribution >= 4 is 17.9 Å². The number of carbonyl (C=O) groups is 1. The Morgan fingerprint density at radius 1 is 1.21 bits per heavy atom. The molecule has 0 bridgehead atoms. The summed E-state index contributed by atoms with van der Waals surface area (Å²) < 4.78 is 4.70. The van der Waals surface area contributed by atoms with Crippen molar-refractivity contribution < 1.29 is 9.53 Å². The highest BCUT2D eigenvalue weighted by Gasteiger charge is 2.14. The molecule has 14 heavy (non-hydrogen) atoms. The Hall–Kier alpha value is -1.90. The predicted molar refractivity (Wildman–Crippen MR) is 52.2 cm³/mol.